The summed E-state index contributed by atoms with van der Waals surface area (Å²) in [5.41, 5.74) is 3.65. The second kappa shape index (κ2) is 7.63. The summed E-state index contributed by atoms with van der Waals surface area (Å²) < 4.78 is 0. The van der Waals surface area contributed by atoms with Gasteiger partial charge in [0.15, 0.2) is 0 Å². The van der Waals surface area contributed by atoms with E-state index >= 15 is 0 Å². The number of hydrogen-bond acceptors (Lipinski definition) is 5. The molecular weight excluding hydrogens is 304 g/mol. The van der Waals surface area contributed by atoms with Crippen molar-refractivity contribution >= 4 is 17.5 Å². The zero-order valence-electron chi connectivity index (χ0n) is 14.3. The predicted octanol–water partition coefficient (Wildman–Crippen LogP) is 0.856. The number of hydrogen-bond donors (Lipinski definition) is 5. The first-order chi connectivity index (χ1) is 11.5. The summed E-state index contributed by atoms with van der Waals surface area (Å²) in [4.78, 5) is 13.4. The van der Waals surface area contributed by atoms with E-state index < -0.39 is 0 Å². The number of rotatable bonds is 4. The van der Waals surface area contributed by atoms with Gasteiger partial charge in [-0.3, -0.25) is 10.2 Å². The topological polar surface area (TPSA) is 104 Å². The maximum atomic E-state index is 11.6. The molecule has 2 rings (SSSR count). The van der Waals surface area contributed by atoms with Crippen LogP contribution < -0.4 is 16.0 Å². The molecule has 0 unspecified atom stereocenters. The second-order valence-corrected chi connectivity index (χ2v) is 5.63. The molecule has 0 aromatic carbocycles. The normalized spacial score (nSPS) is 19.3. The molecule has 0 atom stereocenters. The third kappa shape index (κ3) is 3.92. The minimum Gasteiger partial charge on any atom is -0.393 e. The molecule has 7 heteroatoms. The van der Waals surface area contributed by atoms with Crippen molar-refractivity contribution in [2.45, 2.75) is 13.3 Å². The SMILES string of the molecule is CN/C=C1/C=C(NC(=N)C2=C(NC)CCN(C(C)=O)C2)C=CC1=N. The van der Waals surface area contributed by atoms with Crippen LogP contribution >= 0.6 is 0 Å². The van der Waals surface area contributed by atoms with Crippen molar-refractivity contribution in [2.75, 3.05) is 27.2 Å². The van der Waals surface area contributed by atoms with Gasteiger partial charge in [-0.2, -0.15) is 0 Å². The number of carbonyl (C=O) groups is 1. The Labute approximate surface area is 142 Å². The van der Waals surface area contributed by atoms with Gasteiger partial charge in [-0.1, -0.05) is 0 Å². The van der Waals surface area contributed by atoms with Crippen molar-refractivity contribution in [1.29, 1.82) is 10.8 Å². The standard InChI is InChI=1S/C17H24N6O/c1-11(24)23-7-6-16(21-3)14(10-23)17(19)22-13-4-5-15(18)12(8-13)9-20-2/h4-5,8-9,18,20-21H,6-7,10H2,1-3H3,(H2,19,22)/b12-9-,18-15?. The molecule has 0 fully saturated rings. The fourth-order valence-corrected chi connectivity index (χ4v) is 2.67. The molecule has 0 bridgehead atoms. The largest absolute Gasteiger partial charge is 0.393 e. The van der Waals surface area contributed by atoms with Gasteiger partial charge in [-0.25, -0.2) is 0 Å². The van der Waals surface area contributed by atoms with E-state index in [-0.39, 0.29) is 11.7 Å². The van der Waals surface area contributed by atoms with Gasteiger partial charge in [0.2, 0.25) is 5.91 Å². The van der Waals surface area contributed by atoms with Crippen LogP contribution in [0.3, 0.4) is 0 Å². The van der Waals surface area contributed by atoms with E-state index in [1.165, 1.54) is 0 Å². The van der Waals surface area contributed by atoms with Gasteiger partial charge in [-0.05, 0) is 18.2 Å². The van der Waals surface area contributed by atoms with Crippen LogP contribution in [0.25, 0.3) is 0 Å². The van der Waals surface area contributed by atoms with Gasteiger partial charge < -0.3 is 26.3 Å². The number of nitrogens with one attached hydrogen (secondary N) is 5. The van der Waals surface area contributed by atoms with Crippen LogP contribution in [0.1, 0.15) is 13.3 Å². The van der Waals surface area contributed by atoms with E-state index in [0.717, 1.165) is 22.5 Å². The summed E-state index contributed by atoms with van der Waals surface area (Å²) in [5, 5.41) is 25.4. The molecule has 2 aliphatic rings. The third-order valence-electron chi connectivity index (χ3n) is 4.01. The Bertz CT molecular complexity index is 683. The Hall–Kier alpha value is -2.83. The van der Waals surface area contributed by atoms with Crippen LogP contribution in [0.2, 0.25) is 0 Å². The van der Waals surface area contributed by atoms with Gasteiger partial charge in [0, 0.05) is 62.7 Å². The molecule has 0 aromatic rings. The fraction of sp³-hybridized carbons (Fsp3) is 0.353. The van der Waals surface area contributed by atoms with Crippen LogP contribution in [0.15, 0.2) is 47.0 Å². The number of amides is 1. The summed E-state index contributed by atoms with van der Waals surface area (Å²) in [7, 11) is 3.62. The zero-order chi connectivity index (χ0) is 17.7. The van der Waals surface area contributed by atoms with Gasteiger partial charge in [0.25, 0.3) is 0 Å². The molecule has 0 saturated carbocycles. The lowest BCUT2D eigenvalue weighted by atomic mass is 10.0. The van der Waals surface area contributed by atoms with E-state index in [4.69, 9.17) is 10.8 Å². The highest BCUT2D eigenvalue weighted by molar-refractivity contribution is 6.10. The monoisotopic (exact) mass is 328 g/mol. The Balaban J connectivity index is 2.18. The predicted molar refractivity (Wildman–Crippen MR) is 95.9 cm³/mol. The first-order valence-corrected chi connectivity index (χ1v) is 7.83. The average Bonchev–Trinajstić information content (AvgIpc) is 2.57. The quantitative estimate of drug-likeness (QED) is 0.390. The highest BCUT2D eigenvalue weighted by Crippen LogP contribution is 2.18. The van der Waals surface area contributed by atoms with E-state index in [9.17, 15) is 4.79 Å². The summed E-state index contributed by atoms with van der Waals surface area (Å²) in [6.45, 7) is 2.63. The number of allylic oxidation sites excluding steroid dienone is 4. The van der Waals surface area contributed by atoms with Crippen molar-refractivity contribution < 1.29 is 4.79 Å². The summed E-state index contributed by atoms with van der Waals surface area (Å²) >= 11 is 0. The van der Waals surface area contributed by atoms with Gasteiger partial charge in [0.05, 0.1) is 12.3 Å². The zero-order valence-corrected chi connectivity index (χ0v) is 14.3. The number of nitrogens with zero attached hydrogens (tertiary/aromatic N) is 1. The minimum atomic E-state index is 0.0138. The highest BCUT2D eigenvalue weighted by atomic mass is 16.2. The molecule has 0 radical (unpaired) electrons. The Morgan fingerprint density at radius 3 is 2.71 bits per heavy atom. The van der Waals surface area contributed by atoms with E-state index in [1.807, 2.05) is 13.1 Å². The fourth-order valence-electron chi connectivity index (χ4n) is 2.67. The second-order valence-electron chi connectivity index (χ2n) is 5.63. The molecule has 24 heavy (non-hydrogen) atoms. The van der Waals surface area contributed by atoms with Gasteiger partial charge >= 0.3 is 0 Å². The molecule has 1 aliphatic heterocycles. The maximum Gasteiger partial charge on any atom is 0.219 e. The summed E-state index contributed by atoms with van der Waals surface area (Å²) in [6, 6.07) is 0. The smallest absolute Gasteiger partial charge is 0.219 e. The van der Waals surface area contributed by atoms with Crippen molar-refractivity contribution in [3.63, 3.8) is 0 Å². The molecule has 1 aliphatic carbocycles. The lowest BCUT2D eigenvalue weighted by Crippen LogP contribution is -2.41. The van der Waals surface area contributed by atoms with Crippen LogP contribution in [0.4, 0.5) is 0 Å². The Morgan fingerprint density at radius 1 is 1.33 bits per heavy atom. The minimum absolute atomic E-state index is 0.0138. The third-order valence-corrected chi connectivity index (χ3v) is 4.01. The first-order valence-electron chi connectivity index (χ1n) is 7.83. The van der Waals surface area contributed by atoms with Crippen molar-refractivity contribution in [3.8, 4) is 0 Å². The lowest BCUT2D eigenvalue weighted by molar-refractivity contribution is -0.128. The molecule has 1 amide bonds. The molecule has 0 aromatic heterocycles. The molecule has 128 valence electrons. The van der Waals surface area contributed by atoms with Crippen molar-refractivity contribution in [1.82, 2.24) is 20.9 Å². The molecule has 0 saturated heterocycles. The van der Waals surface area contributed by atoms with E-state index in [2.05, 4.69) is 16.0 Å². The van der Waals surface area contributed by atoms with Crippen molar-refractivity contribution in [2.24, 2.45) is 0 Å². The highest BCUT2D eigenvalue weighted by Gasteiger charge is 2.23. The van der Waals surface area contributed by atoms with Gasteiger partial charge in [-0.15, -0.1) is 0 Å². The number of amidine groups is 1. The first kappa shape index (κ1) is 17.5. The molecular formula is C17H24N6O. The number of carbonyl (C=O) groups excluding carboxylic acids is 1. The van der Waals surface area contributed by atoms with Crippen LogP contribution in [-0.2, 0) is 4.79 Å². The summed E-state index contributed by atoms with van der Waals surface area (Å²) in [5.74, 6) is 0.276. The molecule has 0 spiro atoms. The van der Waals surface area contributed by atoms with Crippen LogP contribution in [-0.4, -0.2) is 49.5 Å². The molecule has 7 nitrogen and oxygen atoms in total. The average molecular weight is 328 g/mol. The van der Waals surface area contributed by atoms with Crippen LogP contribution in [0.5, 0.6) is 0 Å². The Morgan fingerprint density at radius 2 is 2.08 bits per heavy atom. The van der Waals surface area contributed by atoms with E-state index in [0.29, 0.717) is 25.2 Å². The maximum absolute atomic E-state index is 11.6. The summed E-state index contributed by atoms with van der Waals surface area (Å²) in [6.07, 6.45) is 7.73. The Kier molecular flexibility index (Phi) is 5.57. The molecule has 5 N–H and O–H groups in total. The van der Waals surface area contributed by atoms with Crippen molar-refractivity contribution in [3.05, 3.63) is 47.0 Å². The van der Waals surface area contributed by atoms with Gasteiger partial charge in [0.1, 0.15) is 5.84 Å². The van der Waals surface area contributed by atoms with Crippen LogP contribution in [0, 0.1) is 10.8 Å². The van der Waals surface area contributed by atoms with E-state index in [1.54, 1.807) is 37.2 Å². The lowest BCUT2D eigenvalue weighted by Gasteiger charge is -2.30. The molecule has 1 heterocycles.